The molecule has 1 aromatic heterocycles. The Hall–Kier alpha value is -0.810. The Kier molecular flexibility index (Phi) is 4.17. The minimum Gasteiger partial charge on any atom is -0.360 e. The van der Waals surface area contributed by atoms with E-state index in [0.717, 1.165) is 38.3 Å². The van der Waals surface area contributed by atoms with Crippen LogP contribution in [0.3, 0.4) is 0 Å². The number of fused-ring (bicyclic) bond motifs is 1. The molecule has 2 N–H and O–H groups in total. The summed E-state index contributed by atoms with van der Waals surface area (Å²) in [7, 11) is 0. The monoisotopic (exact) mass is 398 g/mol. The molecule has 1 aromatic carbocycles. The highest BCUT2D eigenvalue weighted by atomic mass is 79.9. The number of nitrogens with one attached hydrogen (secondary N) is 2. The van der Waals surface area contributed by atoms with E-state index in [1.807, 2.05) is 12.1 Å². The van der Waals surface area contributed by atoms with Gasteiger partial charge in [-0.1, -0.05) is 19.3 Å². The second kappa shape index (κ2) is 5.90. The molecule has 106 valence electrons. The fraction of sp³-hybridized carbons (Fsp3) is 0.400. The zero-order chi connectivity index (χ0) is 14.1. The summed E-state index contributed by atoms with van der Waals surface area (Å²) in [5.74, 6) is 0.0253. The van der Waals surface area contributed by atoms with Gasteiger partial charge in [-0.2, -0.15) is 0 Å². The van der Waals surface area contributed by atoms with Crippen molar-refractivity contribution in [3.63, 3.8) is 0 Å². The molecule has 0 atom stereocenters. The number of halogens is 2. The first-order chi connectivity index (χ1) is 9.65. The minimum absolute atomic E-state index is 0.0253. The van der Waals surface area contributed by atoms with E-state index in [9.17, 15) is 4.79 Å². The molecule has 1 saturated carbocycles. The van der Waals surface area contributed by atoms with Crippen LogP contribution in [0.4, 0.5) is 0 Å². The van der Waals surface area contributed by atoms with Crippen molar-refractivity contribution in [2.24, 2.45) is 0 Å². The standard InChI is InChI=1S/C15H16Br2N2O/c16-12-6-10-11(8-18-14(10)7-13(12)17)15(20)19-9-4-2-1-3-5-9/h6-9,18H,1-5H2,(H,19,20). The van der Waals surface area contributed by atoms with Crippen LogP contribution in [-0.4, -0.2) is 16.9 Å². The quantitative estimate of drug-likeness (QED) is 0.751. The fourth-order valence-electron chi connectivity index (χ4n) is 2.81. The summed E-state index contributed by atoms with van der Waals surface area (Å²) < 4.78 is 1.93. The summed E-state index contributed by atoms with van der Waals surface area (Å²) in [6.07, 6.45) is 7.73. The first-order valence-corrected chi connectivity index (χ1v) is 8.51. The fourth-order valence-corrected chi connectivity index (χ4v) is 3.50. The van der Waals surface area contributed by atoms with Gasteiger partial charge in [-0.15, -0.1) is 0 Å². The third-order valence-electron chi connectivity index (χ3n) is 3.91. The van der Waals surface area contributed by atoms with Gasteiger partial charge in [0.1, 0.15) is 0 Å². The number of amides is 1. The molecule has 3 nitrogen and oxygen atoms in total. The lowest BCUT2D eigenvalue weighted by atomic mass is 9.95. The van der Waals surface area contributed by atoms with E-state index in [2.05, 4.69) is 42.2 Å². The maximum atomic E-state index is 12.4. The third kappa shape index (κ3) is 2.79. The van der Waals surface area contributed by atoms with Crippen LogP contribution in [-0.2, 0) is 0 Å². The van der Waals surface area contributed by atoms with Crippen molar-refractivity contribution in [2.75, 3.05) is 0 Å². The van der Waals surface area contributed by atoms with Gasteiger partial charge in [0.05, 0.1) is 5.56 Å². The molecule has 5 heteroatoms. The van der Waals surface area contributed by atoms with Crippen LogP contribution in [0.1, 0.15) is 42.5 Å². The highest BCUT2D eigenvalue weighted by molar-refractivity contribution is 9.13. The Bertz CT molecular complexity index is 645. The van der Waals surface area contributed by atoms with Crippen LogP contribution in [0.25, 0.3) is 10.9 Å². The van der Waals surface area contributed by atoms with E-state index in [0.29, 0.717) is 6.04 Å². The summed E-state index contributed by atoms with van der Waals surface area (Å²) in [5, 5.41) is 4.11. The summed E-state index contributed by atoms with van der Waals surface area (Å²) in [4.78, 5) is 15.6. The smallest absolute Gasteiger partial charge is 0.253 e. The van der Waals surface area contributed by atoms with Crippen LogP contribution < -0.4 is 5.32 Å². The molecule has 0 aliphatic heterocycles. The van der Waals surface area contributed by atoms with Crippen molar-refractivity contribution in [1.82, 2.24) is 10.3 Å². The molecule has 20 heavy (non-hydrogen) atoms. The number of aromatic nitrogens is 1. The van der Waals surface area contributed by atoms with E-state index in [4.69, 9.17) is 0 Å². The molecule has 0 saturated heterocycles. The lowest BCUT2D eigenvalue weighted by Crippen LogP contribution is -2.36. The summed E-state index contributed by atoms with van der Waals surface area (Å²) in [5.41, 5.74) is 1.69. The molecular weight excluding hydrogens is 384 g/mol. The van der Waals surface area contributed by atoms with E-state index < -0.39 is 0 Å². The van der Waals surface area contributed by atoms with Crippen molar-refractivity contribution in [1.29, 1.82) is 0 Å². The van der Waals surface area contributed by atoms with Gasteiger partial charge in [-0.05, 0) is 56.8 Å². The van der Waals surface area contributed by atoms with Crippen molar-refractivity contribution in [3.05, 3.63) is 32.8 Å². The Balaban J connectivity index is 1.85. The molecule has 2 aromatic rings. The summed E-state index contributed by atoms with van der Waals surface area (Å²) in [6.45, 7) is 0. The number of rotatable bonds is 2. The number of benzene rings is 1. The first kappa shape index (κ1) is 14.1. The number of carbonyl (C=O) groups excluding carboxylic acids is 1. The van der Waals surface area contributed by atoms with Gasteiger partial charge in [0.2, 0.25) is 0 Å². The third-order valence-corrected chi connectivity index (χ3v) is 5.75. The maximum absolute atomic E-state index is 12.4. The zero-order valence-electron chi connectivity index (χ0n) is 11.0. The van der Waals surface area contributed by atoms with Gasteiger partial charge < -0.3 is 10.3 Å². The normalized spacial score (nSPS) is 16.5. The van der Waals surface area contributed by atoms with E-state index in [1.54, 1.807) is 6.20 Å². The Labute approximate surface area is 134 Å². The van der Waals surface area contributed by atoms with Crippen LogP contribution in [0, 0.1) is 0 Å². The number of hydrogen-bond acceptors (Lipinski definition) is 1. The molecule has 1 aliphatic carbocycles. The van der Waals surface area contributed by atoms with Crippen molar-refractivity contribution < 1.29 is 4.79 Å². The lowest BCUT2D eigenvalue weighted by Gasteiger charge is -2.22. The van der Waals surface area contributed by atoms with E-state index in [1.165, 1.54) is 19.3 Å². The highest BCUT2D eigenvalue weighted by Crippen LogP contribution is 2.30. The van der Waals surface area contributed by atoms with Gasteiger partial charge in [0.25, 0.3) is 5.91 Å². The molecule has 0 bridgehead atoms. The molecule has 1 heterocycles. The Morgan fingerprint density at radius 2 is 1.85 bits per heavy atom. The molecule has 3 rings (SSSR count). The Morgan fingerprint density at radius 1 is 1.15 bits per heavy atom. The first-order valence-electron chi connectivity index (χ1n) is 6.92. The predicted molar refractivity (Wildman–Crippen MR) is 88.0 cm³/mol. The highest BCUT2D eigenvalue weighted by Gasteiger charge is 2.19. The molecule has 1 fully saturated rings. The molecule has 0 radical (unpaired) electrons. The predicted octanol–water partition coefficient (Wildman–Crippen LogP) is 4.76. The van der Waals surface area contributed by atoms with Crippen molar-refractivity contribution in [3.8, 4) is 0 Å². The van der Waals surface area contributed by atoms with Gasteiger partial charge in [-0.3, -0.25) is 4.79 Å². The topological polar surface area (TPSA) is 44.9 Å². The van der Waals surface area contributed by atoms with E-state index >= 15 is 0 Å². The van der Waals surface area contributed by atoms with E-state index in [-0.39, 0.29) is 5.91 Å². The second-order valence-electron chi connectivity index (χ2n) is 5.32. The Morgan fingerprint density at radius 3 is 2.60 bits per heavy atom. The van der Waals surface area contributed by atoms with Crippen molar-refractivity contribution in [2.45, 2.75) is 38.1 Å². The van der Waals surface area contributed by atoms with Gasteiger partial charge in [-0.25, -0.2) is 0 Å². The molecule has 1 aliphatic rings. The van der Waals surface area contributed by atoms with Gasteiger partial charge >= 0.3 is 0 Å². The zero-order valence-corrected chi connectivity index (χ0v) is 14.2. The van der Waals surface area contributed by atoms with Crippen molar-refractivity contribution >= 4 is 48.7 Å². The average Bonchev–Trinajstić information content (AvgIpc) is 2.83. The van der Waals surface area contributed by atoms with Gasteiger partial charge in [0.15, 0.2) is 0 Å². The van der Waals surface area contributed by atoms with Crippen LogP contribution in [0.5, 0.6) is 0 Å². The molecule has 0 unspecified atom stereocenters. The average molecular weight is 400 g/mol. The lowest BCUT2D eigenvalue weighted by molar-refractivity contribution is 0.0929. The second-order valence-corrected chi connectivity index (χ2v) is 7.03. The number of H-pyrrole nitrogens is 1. The summed E-state index contributed by atoms with van der Waals surface area (Å²) in [6, 6.07) is 4.29. The number of carbonyl (C=O) groups is 1. The van der Waals surface area contributed by atoms with Crippen LogP contribution in [0.15, 0.2) is 27.3 Å². The maximum Gasteiger partial charge on any atom is 0.253 e. The SMILES string of the molecule is O=C(NC1CCCCC1)c1c[nH]c2cc(Br)c(Br)cc12. The van der Waals surface area contributed by atoms with Gasteiger partial charge in [0, 0.05) is 32.1 Å². The van der Waals surface area contributed by atoms with Crippen LogP contribution in [0.2, 0.25) is 0 Å². The number of hydrogen-bond donors (Lipinski definition) is 2. The summed E-state index contributed by atoms with van der Waals surface area (Å²) >= 11 is 6.97. The number of aromatic amines is 1. The molecule has 0 spiro atoms. The van der Waals surface area contributed by atoms with Crippen LogP contribution >= 0.6 is 31.9 Å². The molecular formula is C15H16Br2N2O. The minimum atomic E-state index is 0.0253. The molecule has 1 amide bonds. The largest absolute Gasteiger partial charge is 0.360 e.